The van der Waals surface area contributed by atoms with E-state index in [1.165, 1.54) is 12.8 Å². The quantitative estimate of drug-likeness (QED) is 0.818. The topological polar surface area (TPSA) is 66.4 Å². The standard InChI is InChI=1S/C17H22N4O2S2/c1-12-3-6-15(11-13(12)2)25(22,23)21-9-7-20(8-10-21)17-19-18-16(24-17)14-4-5-14/h3,6,11,14H,4-5,7-10H2,1-2H3. The number of rotatable bonds is 4. The van der Waals surface area contributed by atoms with Crippen molar-refractivity contribution in [2.24, 2.45) is 0 Å². The summed E-state index contributed by atoms with van der Waals surface area (Å²) in [6.07, 6.45) is 2.44. The van der Waals surface area contributed by atoms with Crippen LogP contribution in [0.3, 0.4) is 0 Å². The lowest BCUT2D eigenvalue weighted by molar-refractivity contribution is 0.384. The van der Waals surface area contributed by atoms with Crippen LogP contribution in [0.5, 0.6) is 0 Å². The summed E-state index contributed by atoms with van der Waals surface area (Å²) >= 11 is 1.65. The number of hydrogen-bond donors (Lipinski definition) is 0. The predicted molar refractivity (Wildman–Crippen MR) is 98.8 cm³/mol. The van der Waals surface area contributed by atoms with Crippen LogP contribution in [-0.2, 0) is 10.0 Å². The minimum absolute atomic E-state index is 0.385. The minimum Gasteiger partial charge on any atom is -0.344 e. The molecule has 0 bridgehead atoms. The van der Waals surface area contributed by atoms with E-state index in [-0.39, 0.29) is 0 Å². The molecule has 1 aromatic carbocycles. The first-order valence-electron chi connectivity index (χ1n) is 8.61. The molecular formula is C17H22N4O2S2. The van der Waals surface area contributed by atoms with Crippen molar-refractivity contribution in [2.45, 2.75) is 37.5 Å². The molecule has 1 aliphatic carbocycles. The molecule has 2 fully saturated rings. The zero-order valence-corrected chi connectivity index (χ0v) is 16.1. The average molecular weight is 379 g/mol. The first kappa shape index (κ1) is 16.9. The number of sulfonamides is 1. The van der Waals surface area contributed by atoms with Gasteiger partial charge in [0.15, 0.2) is 0 Å². The smallest absolute Gasteiger partial charge is 0.243 e. The van der Waals surface area contributed by atoms with E-state index < -0.39 is 10.0 Å². The van der Waals surface area contributed by atoms with Crippen molar-refractivity contribution in [3.05, 3.63) is 34.3 Å². The van der Waals surface area contributed by atoms with Crippen molar-refractivity contribution in [2.75, 3.05) is 31.1 Å². The number of nitrogens with zero attached hydrogens (tertiary/aromatic N) is 4. The zero-order chi connectivity index (χ0) is 17.6. The minimum atomic E-state index is -3.43. The normalized spacial score (nSPS) is 19.4. The highest BCUT2D eigenvalue weighted by atomic mass is 32.2. The second-order valence-electron chi connectivity index (χ2n) is 6.83. The van der Waals surface area contributed by atoms with Crippen molar-refractivity contribution >= 4 is 26.5 Å². The van der Waals surface area contributed by atoms with Gasteiger partial charge >= 0.3 is 0 Å². The van der Waals surface area contributed by atoms with Gasteiger partial charge in [-0.3, -0.25) is 0 Å². The molecule has 0 spiro atoms. The first-order valence-corrected chi connectivity index (χ1v) is 10.9. The van der Waals surface area contributed by atoms with Crippen molar-refractivity contribution < 1.29 is 8.42 Å². The summed E-state index contributed by atoms with van der Waals surface area (Å²) in [5.41, 5.74) is 2.10. The van der Waals surface area contributed by atoms with Gasteiger partial charge in [0.05, 0.1) is 4.90 Å². The van der Waals surface area contributed by atoms with Gasteiger partial charge in [0, 0.05) is 32.1 Å². The van der Waals surface area contributed by atoms with Crippen LogP contribution in [0.25, 0.3) is 0 Å². The van der Waals surface area contributed by atoms with Crippen LogP contribution in [0.2, 0.25) is 0 Å². The molecule has 6 nitrogen and oxygen atoms in total. The Balaban J connectivity index is 1.45. The highest BCUT2D eigenvalue weighted by Crippen LogP contribution is 2.42. The van der Waals surface area contributed by atoms with Gasteiger partial charge in [0.25, 0.3) is 0 Å². The van der Waals surface area contributed by atoms with Gasteiger partial charge in [0.2, 0.25) is 15.2 Å². The van der Waals surface area contributed by atoms with Gasteiger partial charge in [-0.2, -0.15) is 4.31 Å². The van der Waals surface area contributed by atoms with E-state index in [0.29, 0.717) is 37.0 Å². The van der Waals surface area contributed by atoms with E-state index in [4.69, 9.17) is 0 Å². The molecule has 0 radical (unpaired) electrons. The number of piperazine rings is 1. The van der Waals surface area contributed by atoms with Gasteiger partial charge in [-0.1, -0.05) is 17.4 Å². The van der Waals surface area contributed by atoms with Crippen LogP contribution >= 0.6 is 11.3 Å². The molecule has 2 aromatic rings. The number of aryl methyl sites for hydroxylation is 2. The molecule has 1 saturated heterocycles. The van der Waals surface area contributed by atoms with Gasteiger partial charge in [-0.25, -0.2) is 8.42 Å². The summed E-state index contributed by atoms with van der Waals surface area (Å²) < 4.78 is 27.3. The summed E-state index contributed by atoms with van der Waals surface area (Å²) in [5.74, 6) is 0.609. The fraction of sp³-hybridized carbons (Fsp3) is 0.529. The zero-order valence-electron chi connectivity index (χ0n) is 14.5. The van der Waals surface area contributed by atoms with E-state index in [1.807, 2.05) is 19.9 Å². The maximum absolute atomic E-state index is 12.9. The summed E-state index contributed by atoms with van der Waals surface area (Å²) in [6, 6.07) is 5.35. The summed E-state index contributed by atoms with van der Waals surface area (Å²) in [5, 5.41) is 10.6. The van der Waals surface area contributed by atoms with Crippen LogP contribution in [0.15, 0.2) is 23.1 Å². The summed E-state index contributed by atoms with van der Waals surface area (Å²) in [4.78, 5) is 2.53. The lowest BCUT2D eigenvalue weighted by atomic mass is 10.1. The Hall–Kier alpha value is -1.51. The monoisotopic (exact) mass is 378 g/mol. The van der Waals surface area contributed by atoms with Crippen LogP contribution in [0.4, 0.5) is 5.13 Å². The molecule has 0 atom stereocenters. The second-order valence-corrected chi connectivity index (χ2v) is 9.76. The molecule has 0 unspecified atom stereocenters. The van der Waals surface area contributed by atoms with Crippen molar-refractivity contribution in [3.8, 4) is 0 Å². The summed E-state index contributed by atoms with van der Waals surface area (Å²) in [7, 11) is -3.43. The number of anilines is 1. The van der Waals surface area contributed by atoms with E-state index >= 15 is 0 Å². The Labute approximate surface area is 152 Å². The maximum Gasteiger partial charge on any atom is 0.243 e. The molecular weight excluding hydrogens is 356 g/mol. The molecule has 8 heteroatoms. The highest BCUT2D eigenvalue weighted by Gasteiger charge is 2.31. The Morgan fingerprint density at radius 3 is 2.40 bits per heavy atom. The fourth-order valence-corrected chi connectivity index (χ4v) is 5.56. The second kappa shape index (κ2) is 6.34. The van der Waals surface area contributed by atoms with Crippen molar-refractivity contribution in [1.82, 2.24) is 14.5 Å². The first-order chi connectivity index (χ1) is 11.9. The third-order valence-electron chi connectivity index (χ3n) is 4.98. The van der Waals surface area contributed by atoms with Gasteiger partial charge < -0.3 is 4.90 Å². The van der Waals surface area contributed by atoms with Crippen LogP contribution in [-0.4, -0.2) is 49.1 Å². The van der Waals surface area contributed by atoms with Gasteiger partial charge in [-0.15, -0.1) is 10.2 Å². The average Bonchev–Trinajstić information content (AvgIpc) is 3.34. The lowest BCUT2D eigenvalue weighted by Gasteiger charge is -2.33. The Kier molecular flexibility index (Phi) is 4.29. The largest absolute Gasteiger partial charge is 0.344 e. The van der Waals surface area contributed by atoms with Crippen LogP contribution in [0, 0.1) is 13.8 Å². The number of benzene rings is 1. The summed E-state index contributed by atoms with van der Waals surface area (Å²) in [6.45, 7) is 6.20. The number of aromatic nitrogens is 2. The van der Waals surface area contributed by atoms with Crippen molar-refractivity contribution in [3.63, 3.8) is 0 Å². The predicted octanol–water partition coefficient (Wildman–Crippen LogP) is 2.54. The third kappa shape index (κ3) is 3.30. The third-order valence-corrected chi connectivity index (χ3v) is 8.02. The molecule has 1 aromatic heterocycles. The van der Waals surface area contributed by atoms with Gasteiger partial charge in [0.1, 0.15) is 5.01 Å². The van der Waals surface area contributed by atoms with Crippen LogP contribution < -0.4 is 4.90 Å². The van der Waals surface area contributed by atoms with E-state index in [2.05, 4.69) is 15.1 Å². The molecule has 1 saturated carbocycles. The molecule has 2 aliphatic rings. The maximum atomic E-state index is 12.9. The Morgan fingerprint density at radius 1 is 1.04 bits per heavy atom. The van der Waals surface area contributed by atoms with Crippen molar-refractivity contribution in [1.29, 1.82) is 0 Å². The Morgan fingerprint density at radius 2 is 1.76 bits per heavy atom. The lowest BCUT2D eigenvalue weighted by Crippen LogP contribution is -2.48. The van der Waals surface area contributed by atoms with E-state index in [1.54, 1.807) is 27.8 Å². The molecule has 25 heavy (non-hydrogen) atoms. The molecule has 1 aliphatic heterocycles. The molecule has 0 amide bonds. The van der Waals surface area contributed by atoms with Gasteiger partial charge in [-0.05, 0) is 49.9 Å². The highest BCUT2D eigenvalue weighted by molar-refractivity contribution is 7.89. The SMILES string of the molecule is Cc1ccc(S(=O)(=O)N2CCN(c3nnc(C4CC4)s3)CC2)cc1C. The molecule has 2 heterocycles. The molecule has 134 valence electrons. The van der Waals surface area contributed by atoms with E-state index in [0.717, 1.165) is 21.3 Å². The Bertz CT molecular complexity index is 882. The molecule has 4 rings (SSSR count). The molecule has 0 N–H and O–H groups in total. The number of hydrogen-bond acceptors (Lipinski definition) is 6. The van der Waals surface area contributed by atoms with E-state index in [9.17, 15) is 8.42 Å². The van der Waals surface area contributed by atoms with Crippen LogP contribution in [0.1, 0.15) is 34.9 Å². The fourth-order valence-electron chi connectivity index (χ4n) is 2.99.